The molecule has 18 heavy (non-hydrogen) atoms. The molecule has 0 aliphatic carbocycles. The van der Waals surface area contributed by atoms with Crippen LogP contribution in [-0.4, -0.2) is 73.5 Å². The molecule has 4 nitrogen and oxygen atoms in total. The molecular weight excluding hydrogens is 228 g/mol. The summed E-state index contributed by atoms with van der Waals surface area (Å²) in [7, 11) is 4.58. The number of nitrogens with zero attached hydrogens (tertiary/aromatic N) is 2. The van der Waals surface area contributed by atoms with Gasteiger partial charge in [0.25, 0.3) is 0 Å². The SMILES string of the molecule is CN1CC2CCC(O2)C1C12CCC(COC1)N2C. The molecule has 5 atom stereocenters. The van der Waals surface area contributed by atoms with Crippen LogP contribution in [0.25, 0.3) is 0 Å². The molecule has 0 aromatic rings. The molecule has 4 bridgehead atoms. The lowest BCUT2D eigenvalue weighted by Crippen LogP contribution is -2.69. The molecule has 0 radical (unpaired) electrons. The summed E-state index contributed by atoms with van der Waals surface area (Å²) >= 11 is 0. The Labute approximate surface area is 109 Å². The van der Waals surface area contributed by atoms with Gasteiger partial charge in [0, 0.05) is 12.6 Å². The second-order valence-electron chi connectivity index (χ2n) is 6.68. The Morgan fingerprint density at radius 2 is 2.06 bits per heavy atom. The average molecular weight is 252 g/mol. The van der Waals surface area contributed by atoms with Crippen LogP contribution in [0.4, 0.5) is 0 Å². The van der Waals surface area contributed by atoms with Crippen LogP contribution in [0.2, 0.25) is 0 Å². The summed E-state index contributed by atoms with van der Waals surface area (Å²) in [6.07, 6.45) is 5.96. The van der Waals surface area contributed by atoms with Crippen molar-refractivity contribution in [1.29, 1.82) is 0 Å². The van der Waals surface area contributed by atoms with Crippen molar-refractivity contribution in [1.82, 2.24) is 9.80 Å². The molecule has 0 aromatic carbocycles. The molecule has 4 aliphatic rings. The number of morpholine rings is 2. The molecule has 0 amide bonds. The summed E-state index contributed by atoms with van der Waals surface area (Å²) in [5, 5.41) is 0. The molecular formula is C14H24N2O2. The van der Waals surface area contributed by atoms with Gasteiger partial charge in [0.15, 0.2) is 0 Å². The van der Waals surface area contributed by atoms with Crippen LogP contribution in [0.1, 0.15) is 25.7 Å². The van der Waals surface area contributed by atoms with Gasteiger partial charge in [-0.05, 0) is 39.8 Å². The highest BCUT2D eigenvalue weighted by Crippen LogP contribution is 2.45. The topological polar surface area (TPSA) is 24.9 Å². The van der Waals surface area contributed by atoms with Crippen molar-refractivity contribution in [2.75, 3.05) is 33.9 Å². The van der Waals surface area contributed by atoms with Crippen molar-refractivity contribution in [3.63, 3.8) is 0 Å². The Hall–Kier alpha value is -0.160. The highest BCUT2D eigenvalue weighted by atomic mass is 16.5. The Balaban J connectivity index is 1.68. The zero-order chi connectivity index (χ0) is 12.3. The maximum atomic E-state index is 6.20. The first-order valence-corrected chi connectivity index (χ1v) is 7.37. The first-order valence-electron chi connectivity index (χ1n) is 7.37. The van der Waals surface area contributed by atoms with E-state index in [0.29, 0.717) is 24.3 Å². The van der Waals surface area contributed by atoms with E-state index < -0.39 is 0 Å². The van der Waals surface area contributed by atoms with Gasteiger partial charge in [0.2, 0.25) is 0 Å². The quantitative estimate of drug-likeness (QED) is 0.686. The van der Waals surface area contributed by atoms with E-state index in [-0.39, 0.29) is 5.54 Å². The first kappa shape index (κ1) is 11.6. The molecule has 4 rings (SSSR count). The van der Waals surface area contributed by atoms with E-state index in [4.69, 9.17) is 9.47 Å². The van der Waals surface area contributed by atoms with Crippen molar-refractivity contribution in [2.45, 2.75) is 55.5 Å². The zero-order valence-electron chi connectivity index (χ0n) is 11.5. The Morgan fingerprint density at radius 1 is 1.17 bits per heavy atom. The fraction of sp³-hybridized carbons (Fsp3) is 1.00. The third-order valence-electron chi connectivity index (χ3n) is 5.83. The number of hydrogen-bond donors (Lipinski definition) is 0. The maximum Gasteiger partial charge on any atom is 0.0754 e. The van der Waals surface area contributed by atoms with Crippen LogP contribution in [0, 0.1) is 0 Å². The van der Waals surface area contributed by atoms with Crippen molar-refractivity contribution >= 4 is 0 Å². The summed E-state index contributed by atoms with van der Waals surface area (Å²) in [5.74, 6) is 0. The van der Waals surface area contributed by atoms with Crippen LogP contribution in [0.3, 0.4) is 0 Å². The highest BCUT2D eigenvalue weighted by Gasteiger charge is 2.58. The number of likely N-dealkylation sites (N-methyl/N-ethyl adjacent to an activating group) is 2. The van der Waals surface area contributed by atoms with Crippen LogP contribution < -0.4 is 0 Å². The van der Waals surface area contributed by atoms with Gasteiger partial charge in [-0.3, -0.25) is 9.80 Å². The lowest BCUT2D eigenvalue weighted by Gasteiger charge is -2.53. The van der Waals surface area contributed by atoms with E-state index in [1.165, 1.54) is 25.7 Å². The molecule has 4 heterocycles. The van der Waals surface area contributed by atoms with Crippen molar-refractivity contribution in [3.05, 3.63) is 0 Å². The lowest BCUT2D eigenvalue weighted by atomic mass is 9.82. The molecule has 4 aliphatic heterocycles. The first-order chi connectivity index (χ1) is 8.71. The van der Waals surface area contributed by atoms with E-state index in [1.807, 2.05) is 0 Å². The zero-order valence-corrected chi connectivity index (χ0v) is 11.5. The third-order valence-corrected chi connectivity index (χ3v) is 5.83. The van der Waals surface area contributed by atoms with Crippen LogP contribution >= 0.6 is 0 Å². The molecule has 0 aromatic heterocycles. The monoisotopic (exact) mass is 252 g/mol. The Kier molecular flexibility index (Phi) is 2.54. The van der Waals surface area contributed by atoms with Gasteiger partial charge in [-0.2, -0.15) is 0 Å². The Bertz CT molecular complexity index is 347. The average Bonchev–Trinajstić information content (AvgIpc) is 2.77. The van der Waals surface area contributed by atoms with Gasteiger partial charge in [0.05, 0.1) is 37.0 Å². The fourth-order valence-corrected chi connectivity index (χ4v) is 4.91. The van der Waals surface area contributed by atoms with Crippen LogP contribution in [0.5, 0.6) is 0 Å². The third kappa shape index (κ3) is 1.40. The van der Waals surface area contributed by atoms with Gasteiger partial charge >= 0.3 is 0 Å². The van der Waals surface area contributed by atoms with Crippen molar-refractivity contribution < 1.29 is 9.47 Å². The van der Waals surface area contributed by atoms with Crippen molar-refractivity contribution in [3.8, 4) is 0 Å². The molecule has 0 saturated carbocycles. The smallest absolute Gasteiger partial charge is 0.0754 e. The number of fused-ring (bicyclic) bond motifs is 4. The molecule has 5 unspecified atom stereocenters. The van der Waals surface area contributed by atoms with Crippen molar-refractivity contribution in [2.24, 2.45) is 0 Å². The minimum atomic E-state index is 0.206. The van der Waals surface area contributed by atoms with E-state index in [2.05, 4.69) is 23.9 Å². The molecule has 0 spiro atoms. The normalized spacial score (nSPS) is 53.0. The standard InChI is InChI=1S/C14H24N2O2/c1-15-7-11-3-4-12(18-11)13(15)14-6-5-10(16(14)2)8-17-9-14/h10-13H,3-9H2,1-2H3. The van der Waals surface area contributed by atoms with E-state index in [0.717, 1.165) is 19.8 Å². The van der Waals surface area contributed by atoms with Gasteiger partial charge in [-0.15, -0.1) is 0 Å². The molecule has 4 fully saturated rings. The summed E-state index contributed by atoms with van der Waals surface area (Å²) in [5.41, 5.74) is 0.206. The second-order valence-corrected chi connectivity index (χ2v) is 6.68. The van der Waals surface area contributed by atoms with Gasteiger partial charge < -0.3 is 9.47 Å². The minimum absolute atomic E-state index is 0.206. The van der Waals surface area contributed by atoms with Crippen LogP contribution in [-0.2, 0) is 9.47 Å². The highest BCUT2D eigenvalue weighted by molar-refractivity contribution is 5.13. The number of likely N-dealkylation sites (tertiary alicyclic amines) is 1. The van der Waals surface area contributed by atoms with Gasteiger partial charge in [0.1, 0.15) is 0 Å². The van der Waals surface area contributed by atoms with Gasteiger partial charge in [-0.25, -0.2) is 0 Å². The number of rotatable bonds is 1. The largest absolute Gasteiger partial charge is 0.378 e. The van der Waals surface area contributed by atoms with E-state index in [9.17, 15) is 0 Å². The minimum Gasteiger partial charge on any atom is -0.378 e. The maximum absolute atomic E-state index is 6.20. The van der Waals surface area contributed by atoms with E-state index in [1.54, 1.807) is 0 Å². The van der Waals surface area contributed by atoms with Crippen LogP contribution in [0.15, 0.2) is 0 Å². The molecule has 0 N–H and O–H groups in total. The predicted molar refractivity (Wildman–Crippen MR) is 68.6 cm³/mol. The summed E-state index contributed by atoms with van der Waals surface area (Å²) in [6.45, 7) is 2.91. The number of ether oxygens (including phenoxy) is 2. The number of hydrogen-bond acceptors (Lipinski definition) is 4. The lowest BCUT2D eigenvalue weighted by molar-refractivity contribution is -0.153. The molecule has 4 heteroatoms. The summed E-state index contributed by atoms with van der Waals surface area (Å²) in [6, 6.07) is 1.15. The summed E-state index contributed by atoms with van der Waals surface area (Å²) in [4.78, 5) is 5.17. The van der Waals surface area contributed by atoms with E-state index >= 15 is 0 Å². The summed E-state index contributed by atoms with van der Waals surface area (Å²) < 4.78 is 12.1. The predicted octanol–water partition coefficient (Wildman–Crippen LogP) is 0.711. The second kappa shape index (κ2) is 3.92. The van der Waals surface area contributed by atoms with Gasteiger partial charge in [-0.1, -0.05) is 0 Å². The fourth-order valence-electron chi connectivity index (χ4n) is 4.91. The molecule has 102 valence electrons. The Morgan fingerprint density at radius 3 is 2.94 bits per heavy atom. The molecule has 4 saturated heterocycles.